The lowest BCUT2D eigenvalue weighted by atomic mass is 10.2. The summed E-state index contributed by atoms with van der Waals surface area (Å²) in [5.41, 5.74) is 2.44. The molecule has 2 aromatic carbocycles. The van der Waals surface area contributed by atoms with Gasteiger partial charge in [0.2, 0.25) is 0 Å². The molecule has 0 unspecified atom stereocenters. The molecule has 0 spiro atoms. The van der Waals surface area contributed by atoms with Crippen LogP contribution in [0.15, 0.2) is 59.2 Å². The van der Waals surface area contributed by atoms with Crippen molar-refractivity contribution in [3.63, 3.8) is 0 Å². The standard InChI is InChI=1S/C16H12BrNO2/c17-14-7-3-1-5-11(14)10-20-16(19)13-9-18-15-8-4-2-6-12(13)15/h1-9,18H,10H2. The van der Waals surface area contributed by atoms with Crippen LogP contribution in [0.3, 0.4) is 0 Å². The molecule has 3 nitrogen and oxygen atoms in total. The number of hydrogen-bond donors (Lipinski definition) is 1. The molecule has 1 N–H and O–H groups in total. The first kappa shape index (κ1) is 12.9. The fourth-order valence-electron chi connectivity index (χ4n) is 2.08. The zero-order valence-corrected chi connectivity index (χ0v) is 12.2. The van der Waals surface area contributed by atoms with E-state index in [0.717, 1.165) is 20.9 Å². The Labute approximate surface area is 124 Å². The maximum atomic E-state index is 12.1. The van der Waals surface area contributed by atoms with Crippen LogP contribution in [-0.4, -0.2) is 11.0 Å². The number of nitrogens with one attached hydrogen (secondary N) is 1. The van der Waals surface area contributed by atoms with E-state index in [2.05, 4.69) is 20.9 Å². The summed E-state index contributed by atoms with van der Waals surface area (Å²) in [7, 11) is 0. The average molecular weight is 330 g/mol. The minimum atomic E-state index is -0.321. The number of H-pyrrole nitrogens is 1. The van der Waals surface area contributed by atoms with Crippen LogP contribution in [0.5, 0.6) is 0 Å². The molecule has 0 saturated carbocycles. The highest BCUT2D eigenvalue weighted by atomic mass is 79.9. The van der Waals surface area contributed by atoms with Crippen molar-refractivity contribution in [1.29, 1.82) is 0 Å². The van der Waals surface area contributed by atoms with Crippen molar-refractivity contribution in [2.24, 2.45) is 0 Å². The maximum absolute atomic E-state index is 12.1. The molecule has 0 aliphatic rings. The quantitative estimate of drug-likeness (QED) is 0.728. The Morgan fingerprint density at radius 3 is 2.70 bits per heavy atom. The highest BCUT2D eigenvalue weighted by molar-refractivity contribution is 9.10. The predicted octanol–water partition coefficient (Wildman–Crippen LogP) is 4.29. The number of carbonyl (C=O) groups is 1. The highest BCUT2D eigenvalue weighted by Crippen LogP contribution is 2.20. The normalized spacial score (nSPS) is 10.7. The van der Waals surface area contributed by atoms with Crippen molar-refractivity contribution in [3.05, 3.63) is 70.3 Å². The van der Waals surface area contributed by atoms with Gasteiger partial charge >= 0.3 is 5.97 Å². The van der Waals surface area contributed by atoms with Crippen molar-refractivity contribution in [3.8, 4) is 0 Å². The number of carbonyl (C=O) groups excluding carboxylic acids is 1. The lowest BCUT2D eigenvalue weighted by molar-refractivity contribution is 0.0474. The SMILES string of the molecule is O=C(OCc1ccccc1Br)c1c[nH]c2ccccc12. The van der Waals surface area contributed by atoms with Gasteiger partial charge in [-0.1, -0.05) is 52.3 Å². The van der Waals surface area contributed by atoms with Crippen LogP contribution in [0, 0.1) is 0 Å². The molecule has 3 rings (SSSR count). The van der Waals surface area contributed by atoms with Gasteiger partial charge in [0, 0.05) is 27.1 Å². The van der Waals surface area contributed by atoms with E-state index in [1.54, 1.807) is 6.20 Å². The molecule has 0 saturated heterocycles. The van der Waals surface area contributed by atoms with Gasteiger partial charge in [-0.05, 0) is 12.1 Å². The van der Waals surface area contributed by atoms with Crippen molar-refractivity contribution in [2.45, 2.75) is 6.61 Å². The summed E-state index contributed by atoms with van der Waals surface area (Å²) >= 11 is 3.44. The molecule has 0 aliphatic carbocycles. The maximum Gasteiger partial charge on any atom is 0.340 e. The molecule has 0 radical (unpaired) electrons. The topological polar surface area (TPSA) is 42.1 Å². The van der Waals surface area contributed by atoms with Crippen LogP contribution in [0.25, 0.3) is 10.9 Å². The van der Waals surface area contributed by atoms with Gasteiger partial charge in [-0.2, -0.15) is 0 Å². The minimum absolute atomic E-state index is 0.250. The number of aromatic amines is 1. The number of para-hydroxylation sites is 1. The second-order valence-corrected chi connectivity index (χ2v) is 5.27. The van der Waals surface area contributed by atoms with E-state index in [4.69, 9.17) is 4.74 Å². The molecular formula is C16H12BrNO2. The molecule has 100 valence electrons. The lowest BCUT2D eigenvalue weighted by Gasteiger charge is -2.06. The molecule has 0 amide bonds. The second-order valence-electron chi connectivity index (χ2n) is 4.42. The van der Waals surface area contributed by atoms with Crippen LogP contribution < -0.4 is 0 Å². The van der Waals surface area contributed by atoms with Crippen molar-refractivity contribution >= 4 is 32.8 Å². The van der Waals surface area contributed by atoms with E-state index in [-0.39, 0.29) is 12.6 Å². The molecule has 0 aliphatic heterocycles. The molecule has 0 fully saturated rings. The van der Waals surface area contributed by atoms with Crippen molar-refractivity contribution in [2.75, 3.05) is 0 Å². The van der Waals surface area contributed by atoms with Gasteiger partial charge in [-0.15, -0.1) is 0 Å². The highest BCUT2D eigenvalue weighted by Gasteiger charge is 2.13. The lowest BCUT2D eigenvalue weighted by Crippen LogP contribution is -2.04. The zero-order chi connectivity index (χ0) is 13.9. The third-order valence-electron chi connectivity index (χ3n) is 3.13. The van der Waals surface area contributed by atoms with E-state index in [0.29, 0.717) is 5.56 Å². The molecule has 0 bridgehead atoms. The fraction of sp³-hybridized carbons (Fsp3) is 0.0625. The smallest absolute Gasteiger partial charge is 0.340 e. The Morgan fingerprint density at radius 1 is 1.10 bits per heavy atom. The summed E-state index contributed by atoms with van der Waals surface area (Å²) in [6.45, 7) is 0.250. The molecule has 20 heavy (non-hydrogen) atoms. The van der Waals surface area contributed by atoms with E-state index in [1.807, 2.05) is 48.5 Å². The Morgan fingerprint density at radius 2 is 1.85 bits per heavy atom. The molecule has 1 heterocycles. The van der Waals surface area contributed by atoms with Gasteiger partial charge in [-0.3, -0.25) is 0 Å². The number of fused-ring (bicyclic) bond motifs is 1. The Bertz CT molecular complexity index is 764. The van der Waals surface area contributed by atoms with E-state index in [9.17, 15) is 4.79 Å². The number of halogens is 1. The van der Waals surface area contributed by atoms with Crippen LogP contribution in [-0.2, 0) is 11.3 Å². The largest absolute Gasteiger partial charge is 0.457 e. The van der Waals surface area contributed by atoms with Crippen LogP contribution in [0.1, 0.15) is 15.9 Å². The number of hydrogen-bond acceptors (Lipinski definition) is 2. The number of rotatable bonds is 3. The summed E-state index contributed by atoms with van der Waals surface area (Å²) < 4.78 is 6.31. The summed E-state index contributed by atoms with van der Waals surface area (Å²) in [5, 5.41) is 0.879. The van der Waals surface area contributed by atoms with E-state index < -0.39 is 0 Å². The van der Waals surface area contributed by atoms with Gasteiger partial charge in [0.25, 0.3) is 0 Å². The second kappa shape index (κ2) is 5.51. The summed E-state index contributed by atoms with van der Waals surface area (Å²) in [5.74, 6) is -0.321. The van der Waals surface area contributed by atoms with E-state index in [1.165, 1.54) is 0 Å². The zero-order valence-electron chi connectivity index (χ0n) is 10.6. The summed E-state index contributed by atoms with van der Waals surface area (Å²) in [6, 6.07) is 15.4. The van der Waals surface area contributed by atoms with Crippen molar-refractivity contribution in [1.82, 2.24) is 4.98 Å². The van der Waals surface area contributed by atoms with Gasteiger partial charge in [0.15, 0.2) is 0 Å². The number of esters is 1. The molecular weight excluding hydrogens is 318 g/mol. The molecule has 0 atom stereocenters. The molecule has 1 aromatic heterocycles. The first-order valence-electron chi connectivity index (χ1n) is 6.22. The molecule has 4 heteroatoms. The van der Waals surface area contributed by atoms with Gasteiger partial charge in [0.05, 0.1) is 5.56 Å². The third-order valence-corrected chi connectivity index (χ3v) is 3.90. The number of aromatic nitrogens is 1. The molecule has 3 aromatic rings. The predicted molar refractivity (Wildman–Crippen MR) is 81.6 cm³/mol. The van der Waals surface area contributed by atoms with E-state index >= 15 is 0 Å². The summed E-state index contributed by atoms with van der Waals surface area (Å²) in [4.78, 5) is 15.2. The summed E-state index contributed by atoms with van der Waals surface area (Å²) in [6.07, 6.45) is 1.69. The number of benzene rings is 2. The van der Waals surface area contributed by atoms with Gasteiger partial charge in [0.1, 0.15) is 6.61 Å². The van der Waals surface area contributed by atoms with Crippen LogP contribution in [0.4, 0.5) is 0 Å². The van der Waals surface area contributed by atoms with Gasteiger partial charge in [-0.25, -0.2) is 4.79 Å². The average Bonchev–Trinajstić information content (AvgIpc) is 2.90. The Kier molecular flexibility index (Phi) is 3.56. The third kappa shape index (κ3) is 2.47. The van der Waals surface area contributed by atoms with Gasteiger partial charge < -0.3 is 9.72 Å². The van der Waals surface area contributed by atoms with Crippen LogP contribution >= 0.6 is 15.9 Å². The Hall–Kier alpha value is -2.07. The monoisotopic (exact) mass is 329 g/mol. The van der Waals surface area contributed by atoms with Crippen LogP contribution in [0.2, 0.25) is 0 Å². The fourth-order valence-corrected chi connectivity index (χ4v) is 2.48. The first-order chi connectivity index (χ1) is 9.75. The Balaban J connectivity index is 1.79. The number of ether oxygens (including phenoxy) is 1. The first-order valence-corrected chi connectivity index (χ1v) is 7.01. The van der Waals surface area contributed by atoms with Crippen molar-refractivity contribution < 1.29 is 9.53 Å². The minimum Gasteiger partial charge on any atom is -0.457 e.